The van der Waals surface area contributed by atoms with Crippen LogP contribution < -0.4 is 14.8 Å². The number of carbonyl (C=O) groups excluding carboxylic acids is 1. The van der Waals surface area contributed by atoms with Gasteiger partial charge in [0.25, 0.3) is 5.91 Å². The number of carbonyl (C=O) groups is 1. The molecule has 0 spiro atoms. The molecule has 0 aliphatic rings. The highest BCUT2D eigenvalue weighted by atomic mass is 19.3. The van der Waals surface area contributed by atoms with Crippen molar-refractivity contribution in [2.75, 3.05) is 5.32 Å². The Hall–Kier alpha value is -3.70. The quantitative estimate of drug-likeness (QED) is 0.277. The van der Waals surface area contributed by atoms with Crippen molar-refractivity contribution >= 4 is 11.6 Å². The Kier molecular flexibility index (Phi) is 6.61. The molecule has 170 valence electrons. The first kappa shape index (κ1) is 23.0. The molecular formula is C20H12F7NO4. The lowest BCUT2D eigenvalue weighted by Gasteiger charge is -2.10. The van der Waals surface area contributed by atoms with Crippen LogP contribution in [0.1, 0.15) is 21.9 Å². The van der Waals surface area contributed by atoms with Crippen molar-refractivity contribution in [3.63, 3.8) is 0 Å². The van der Waals surface area contributed by atoms with Gasteiger partial charge in [-0.25, -0.2) is 13.2 Å². The van der Waals surface area contributed by atoms with Crippen molar-refractivity contribution in [3.05, 3.63) is 76.5 Å². The molecular weight excluding hydrogens is 451 g/mol. The Balaban J connectivity index is 1.68. The molecule has 12 heteroatoms. The van der Waals surface area contributed by atoms with Gasteiger partial charge in [0.2, 0.25) is 29.1 Å². The number of alkyl halides is 2. The van der Waals surface area contributed by atoms with Gasteiger partial charge in [-0.2, -0.15) is 17.6 Å². The Labute approximate surface area is 175 Å². The minimum atomic E-state index is -3.01. The van der Waals surface area contributed by atoms with Gasteiger partial charge in [-0.05, 0) is 42.8 Å². The van der Waals surface area contributed by atoms with Gasteiger partial charge in [-0.15, -0.1) is 0 Å². The monoisotopic (exact) mass is 463 g/mol. The second-order valence-electron chi connectivity index (χ2n) is 6.26. The van der Waals surface area contributed by atoms with Crippen LogP contribution in [-0.2, 0) is 6.61 Å². The standard InChI is InChI=1S/C20H12F7NO4/c1-8-6-9(32-20(26)27)2-4-11(8)28-19(29)12-5-3-10(31-12)7-30-18-16(24)14(22)13(21)15(23)17(18)25/h2-6,20H,7H2,1H3,(H,28,29). The van der Waals surface area contributed by atoms with Crippen LogP contribution in [0.25, 0.3) is 0 Å². The molecule has 0 bridgehead atoms. The third-order valence-corrected chi connectivity index (χ3v) is 4.08. The van der Waals surface area contributed by atoms with Crippen molar-refractivity contribution in [2.45, 2.75) is 20.1 Å². The first-order valence-electron chi connectivity index (χ1n) is 8.68. The molecule has 3 aromatic rings. The normalized spacial score (nSPS) is 11.0. The second-order valence-corrected chi connectivity index (χ2v) is 6.26. The number of furan rings is 1. The number of amides is 1. The van der Waals surface area contributed by atoms with E-state index in [9.17, 15) is 35.5 Å². The van der Waals surface area contributed by atoms with Gasteiger partial charge in [0, 0.05) is 5.69 Å². The van der Waals surface area contributed by atoms with E-state index in [1.54, 1.807) is 0 Å². The number of halogens is 7. The molecule has 1 amide bonds. The fourth-order valence-electron chi connectivity index (χ4n) is 2.57. The molecule has 3 rings (SSSR count). The predicted octanol–water partition coefficient (Wildman–Crippen LogP) is 5.72. The molecule has 1 heterocycles. The summed E-state index contributed by atoms with van der Waals surface area (Å²) in [5.74, 6) is -13.8. The summed E-state index contributed by atoms with van der Waals surface area (Å²) in [6.45, 7) is -2.23. The molecule has 0 saturated carbocycles. The topological polar surface area (TPSA) is 60.7 Å². The Morgan fingerprint density at radius 3 is 2.19 bits per heavy atom. The van der Waals surface area contributed by atoms with E-state index in [1.807, 2.05) is 0 Å². The van der Waals surface area contributed by atoms with Crippen molar-refractivity contribution in [3.8, 4) is 11.5 Å². The highest BCUT2D eigenvalue weighted by Crippen LogP contribution is 2.30. The number of hydrogen-bond donors (Lipinski definition) is 1. The molecule has 0 aliphatic carbocycles. The maximum absolute atomic E-state index is 13.6. The van der Waals surface area contributed by atoms with Crippen LogP contribution in [0, 0.1) is 36.0 Å². The average Bonchev–Trinajstić information content (AvgIpc) is 3.21. The van der Waals surface area contributed by atoms with E-state index in [1.165, 1.54) is 37.3 Å². The Morgan fingerprint density at radius 2 is 1.59 bits per heavy atom. The van der Waals surface area contributed by atoms with Gasteiger partial charge in [0.05, 0.1) is 0 Å². The van der Waals surface area contributed by atoms with Crippen molar-refractivity contribution in [2.24, 2.45) is 0 Å². The zero-order valence-corrected chi connectivity index (χ0v) is 15.9. The molecule has 0 unspecified atom stereocenters. The minimum Gasteiger partial charge on any atom is -0.479 e. The summed E-state index contributed by atoms with van der Waals surface area (Å²) < 4.78 is 105. The van der Waals surface area contributed by atoms with Crippen molar-refractivity contribution < 1.29 is 49.4 Å². The van der Waals surface area contributed by atoms with Crippen LogP contribution >= 0.6 is 0 Å². The Bertz CT molecular complexity index is 1130. The summed E-state index contributed by atoms with van der Waals surface area (Å²) in [5.41, 5.74) is 0.658. The number of aryl methyl sites for hydroxylation is 1. The highest BCUT2D eigenvalue weighted by molar-refractivity contribution is 6.02. The molecule has 5 nitrogen and oxygen atoms in total. The van der Waals surface area contributed by atoms with E-state index < -0.39 is 54.0 Å². The average molecular weight is 463 g/mol. The lowest BCUT2D eigenvalue weighted by atomic mass is 10.2. The molecule has 2 aromatic carbocycles. The number of hydrogen-bond acceptors (Lipinski definition) is 4. The van der Waals surface area contributed by atoms with E-state index in [0.29, 0.717) is 5.56 Å². The van der Waals surface area contributed by atoms with Gasteiger partial charge in [-0.3, -0.25) is 4.79 Å². The molecule has 0 radical (unpaired) electrons. The number of nitrogens with one attached hydrogen (secondary N) is 1. The zero-order valence-electron chi connectivity index (χ0n) is 15.9. The minimum absolute atomic E-state index is 0.110. The van der Waals surface area contributed by atoms with E-state index in [-0.39, 0.29) is 23.0 Å². The predicted molar refractivity (Wildman–Crippen MR) is 95.0 cm³/mol. The van der Waals surface area contributed by atoms with Gasteiger partial charge in [0.1, 0.15) is 18.1 Å². The molecule has 0 fully saturated rings. The molecule has 0 aliphatic heterocycles. The lowest BCUT2D eigenvalue weighted by molar-refractivity contribution is -0.0498. The molecule has 1 aromatic heterocycles. The van der Waals surface area contributed by atoms with Gasteiger partial charge in [0.15, 0.2) is 11.5 Å². The summed E-state index contributed by atoms with van der Waals surface area (Å²) >= 11 is 0. The molecule has 32 heavy (non-hydrogen) atoms. The summed E-state index contributed by atoms with van der Waals surface area (Å²) in [6, 6.07) is 6.16. The zero-order chi connectivity index (χ0) is 23.6. The molecule has 1 N–H and O–H groups in total. The van der Waals surface area contributed by atoms with Crippen LogP contribution in [0.2, 0.25) is 0 Å². The summed E-state index contributed by atoms with van der Waals surface area (Å²) in [5, 5.41) is 2.46. The van der Waals surface area contributed by atoms with Crippen LogP contribution in [0.3, 0.4) is 0 Å². The van der Waals surface area contributed by atoms with Crippen molar-refractivity contribution in [1.29, 1.82) is 0 Å². The SMILES string of the molecule is Cc1cc(OC(F)F)ccc1NC(=O)c1ccc(COc2c(F)c(F)c(F)c(F)c2F)o1. The molecule has 0 atom stereocenters. The first-order valence-corrected chi connectivity index (χ1v) is 8.68. The van der Waals surface area contributed by atoms with Crippen molar-refractivity contribution in [1.82, 2.24) is 0 Å². The van der Waals surface area contributed by atoms with Crippen LogP contribution in [0.4, 0.5) is 36.4 Å². The number of rotatable bonds is 7. The smallest absolute Gasteiger partial charge is 0.387 e. The largest absolute Gasteiger partial charge is 0.479 e. The van der Waals surface area contributed by atoms with Gasteiger partial charge in [-0.1, -0.05) is 0 Å². The third kappa shape index (κ3) is 4.79. The van der Waals surface area contributed by atoms with E-state index >= 15 is 0 Å². The highest BCUT2D eigenvalue weighted by Gasteiger charge is 2.27. The van der Waals surface area contributed by atoms with Gasteiger partial charge < -0.3 is 19.2 Å². The third-order valence-electron chi connectivity index (χ3n) is 4.08. The Morgan fingerprint density at radius 1 is 0.969 bits per heavy atom. The maximum atomic E-state index is 13.6. The van der Waals surface area contributed by atoms with Crippen LogP contribution in [0.15, 0.2) is 34.7 Å². The summed E-state index contributed by atoms with van der Waals surface area (Å²) in [7, 11) is 0. The fourth-order valence-corrected chi connectivity index (χ4v) is 2.57. The van der Waals surface area contributed by atoms with Gasteiger partial charge >= 0.3 is 6.61 Å². The molecule has 0 saturated heterocycles. The summed E-state index contributed by atoms with van der Waals surface area (Å²) in [6.07, 6.45) is 0. The number of ether oxygens (including phenoxy) is 2. The maximum Gasteiger partial charge on any atom is 0.387 e. The first-order chi connectivity index (χ1) is 15.1. The summed E-state index contributed by atoms with van der Waals surface area (Å²) in [4.78, 5) is 12.3. The van der Waals surface area contributed by atoms with E-state index in [2.05, 4.69) is 14.8 Å². The second kappa shape index (κ2) is 9.20. The van der Waals surface area contributed by atoms with E-state index in [4.69, 9.17) is 4.42 Å². The number of anilines is 1. The lowest BCUT2D eigenvalue weighted by Crippen LogP contribution is -2.12. The fraction of sp³-hybridized carbons (Fsp3) is 0.150. The number of benzene rings is 2. The van der Waals surface area contributed by atoms with Crippen LogP contribution in [0.5, 0.6) is 11.5 Å². The van der Waals surface area contributed by atoms with E-state index in [0.717, 1.165) is 0 Å². The van der Waals surface area contributed by atoms with Crippen LogP contribution in [-0.4, -0.2) is 12.5 Å².